The molecule has 1 aliphatic rings. The number of rotatable bonds is 5. The average Bonchev–Trinajstić information content (AvgIpc) is 3.38. The molecular weight excluding hydrogens is 445 g/mol. The van der Waals surface area contributed by atoms with Crippen molar-refractivity contribution in [3.05, 3.63) is 54.2 Å². The number of halogens is 3. The fraction of sp³-hybridized carbons (Fsp3) is 0.375. The molecule has 4 aromatic rings. The summed E-state index contributed by atoms with van der Waals surface area (Å²) in [6, 6.07) is 10.3. The zero-order valence-corrected chi connectivity index (χ0v) is 18.8. The first kappa shape index (κ1) is 22.5. The van der Waals surface area contributed by atoms with Crippen LogP contribution in [0, 0.1) is 0 Å². The molecule has 1 unspecified atom stereocenters. The quantitative estimate of drug-likeness (QED) is 0.467. The van der Waals surface area contributed by atoms with Crippen molar-refractivity contribution in [1.82, 2.24) is 24.5 Å². The predicted octanol–water partition coefficient (Wildman–Crippen LogP) is 4.37. The van der Waals surface area contributed by atoms with E-state index in [1.165, 1.54) is 17.2 Å². The molecule has 1 saturated heterocycles. The molecule has 0 bridgehead atoms. The molecule has 178 valence electrons. The van der Waals surface area contributed by atoms with Crippen molar-refractivity contribution in [3.63, 3.8) is 0 Å². The largest absolute Gasteiger partial charge is 0.489 e. The minimum Gasteiger partial charge on any atom is -0.489 e. The van der Waals surface area contributed by atoms with E-state index in [4.69, 9.17) is 15.5 Å². The van der Waals surface area contributed by atoms with Gasteiger partial charge in [0.05, 0.1) is 6.10 Å². The number of alkyl halides is 3. The molecule has 2 N–H and O–H groups in total. The molecule has 3 aromatic heterocycles. The fourth-order valence-corrected chi connectivity index (χ4v) is 4.49. The summed E-state index contributed by atoms with van der Waals surface area (Å²) in [5.74, 6) is 0.989. The molecule has 2 atom stereocenters. The summed E-state index contributed by atoms with van der Waals surface area (Å²) in [7, 11) is 0. The zero-order chi connectivity index (χ0) is 24.0. The number of nitrogens with two attached hydrogens (primary N) is 1. The summed E-state index contributed by atoms with van der Waals surface area (Å²) in [5, 5.41) is 9.26. The van der Waals surface area contributed by atoms with Crippen LogP contribution in [0.2, 0.25) is 0 Å². The van der Waals surface area contributed by atoms with E-state index in [1.807, 2.05) is 38.1 Å². The maximum Gasteiger partial charge on any atom is 0.408 e. The van der Waals surface area contributed by atoms with Crippen LogP contribution in [0.25, 0.3) is 28.1 Å². The van der Waals surface area contributed by atoms with Crippen LogP contribution >= 0.6 is 0 Å². The number of benzene rings is 1. The van der Waals surface area contributed by atoms with Crippen molar-refractivity contribution in [2.24, 2.45) is 5.73 Å². The molecule has 0 radical (unpaired) electrons. The maximum atomic E-state index is 14.1. The molecular formula is C24H25F3N6O. The van der Waals surface area contributed by atoms with E-state index in [2.05, 4.69) is 10.2 Å². The summed E-state index contributed by atoms with van der Waals surface area (Å²) < 4.78 is 49.8. The fourth-order valence-electron chi connectivity index (χ4n) is 4.49. The lowest BCUT2D eigenvalue weighted by atomic mass is 10.1. The molecule has 1 aromatic carbocycles. The normalized spacial score (nSPS) is 18.3. The summed E-state index contributed by atoms with van der Waals surface area (Å²) in [4.78, 5) is 6.12. The second-order valence-corrected chi connectivity index (χ2v) is 8.89. The Morgan fingerprint density at radius 3 is 2.62 bits per heavy atom. The highest BCUT2D eigenvalue weighted by Gasteiger charge is 2.46. The minimum atomic E-state index is -4.45. The second kappa shape index (κ2) is 8.52. The predicted molar refractivity (Wildman–Crippen MR) is 122 cm³/mol. The number of pyridine rings is 2. The van der Waals surface area contributed by atoms with Crippen LogP contribution in [0.3, 0.4) is 0 Å². The van der Waals surface area contributed by atoms with Gasteiger partial charge in [0.1, 0.15) is 23.0 Å². The van der Waals surface area contributed by atoms with Crippen LogP contribution in [-0.4, -0.2) is 55.9 Å². The van der Waals surface area contributed by atoms with E-state index >= 15 is 0 Å². The van der Waals surface area contributed by atoms with Gasteiger partial charge in [0, 0.05) is 30.7 Å². The van der Waals surface area contributed by atoms with Crippen LogP contribution in [0.15, 0.2) is 48.7 Å². The highest BCUT2D eigenvalue weighted by atomic mass is 19.4. The van der Waals surface area contributed by atoms with E-state index in [-0.39, 0.29) is 24.3 Å². The molecule has 1 fully saturated rings. The number of ether oxygens (including phenoxy) is 1. The number of likely N-dealkylation sites (tertiary alicyclic amines) is 1. The Bertz CT molecular complexity index is 1340. The van der Waals surface area contributed by atoms with E-state index < -0.39 is 12.2 Å². The lowest BCUT2D eigenvalue weighted by Gasteiger charge is -2.30. The van der Waals surface area contributed by atoms with Gasteiger partial charge in [0.2, 0.25) is 0 Å². The van der Waals surface area contributed by atoms with Crippen LogP contribution in [0.5, 0.6) is 5.75 Å². The second-order valence-electron chi connectivity index (χ2n) is 8.89. The summed E-state index contributed by atoms with van der Waals surface area (Å²) >= 11 is 0. The summed E-state index contributed by atoms with van der Waals surface area (Å²) in [6.45, 7) is 4.35. The highest BCUT2D eigenvalue weighted by molar-refractivity contribution is 5.86. The van der Waals surface area contributed by atoms with Crippen LogP contribution in [0.4, 0.5) is 13.2 Å². The summed E-state index contributed by atoms with van der Waals surface area (Å²) in [6.07, 6.45) is -2.50. The molecule has 5 rings (SSSR count). The molecule has 34 heavy (non-hydrogen) atoms. The average molecular weight is 470 g/mol. The Morgan fingerprint density at radius 1 is 1.09 bits per heavy atom. The number of para-hydroxylation sites is 1. The monoisotopic (exact) mass is 470 g/mol. The van der Waals surface area contributed by atoms with Crippen molar-refractivity contribution in [2.75, 3.05) is 13.1 Å². The Hall–Kier alpha value is -3.24. The first-order chi connectivity index (χ1) is 16.2. The first-order valence-corrected chi connectivity index (χ1v) is 11.2. The smallest absolute Gasteiger partial charge is 0.408 e. The molecule has 0 amide bonds. The van der Waals surface area contributed by atoms with Gasteiger partial charge in [-0.15, -0.1) is 10.2 Å². The van der Waals surface area contributed by atoms with Gasteiger partial charge >= 0.3 is 6.18 Å². The standard InChI is InChI=1S/C24H25F3N6O/c1-14(2)34-19-5-3-4-15-6-8-18(29-21(15)19)23-31-30-20-9-7-16(12-33(20)23)22(24(25,26)27)32-11-10-17(28)13-32/h3-9,12,14,17,22H,10-11,13,28H2,1-2H3/t17?,22-/m1/s1. The van der Waals surface area contributed by atoms with Crippen LogP contribution in [0.1, 0.15) is 31.9 Å². The number of hydrogen-bond acceptors (Lipinski definition) is 6. The number of aromatic nitrogens is 4. The Balaban J connectivity index is 1.60. The highest BCUT2D eigenvalue weighted by Crippen LogP contribution is 2.39. The molecule has 7 nitrogen and oxygen atoms in total. The lowest BCUT2D eigenvalue weighted by Crippen LogP contribution is -2.38. The van der Waals surface area contributed by atoms with Crippen molar-refractivity contribution < 1.29 is 17.9 Å². The number of fused-ring (bicyclic) bond motifs is 2. The van der Waals surface area contributed by atoms with Gasteiger partial charge in [-0.1, -0.05) is 24.3 Å². The topological polar surface area (TPSA) is 81.6 Å². The lowest BCUT2D eigenvalue weighted by molar-refractivity contribution is -0.183. The molecule has 0 aliphatic carbocycles. The third-order valence-corrected chi connectivity index (χ3v) is 5.95. The molecule has 10 heteroatoms. The van der Waals surface area contributed by atoms with Gasteiger partial charge in [0.25, 0.3) is 0 Å². The molecule has 4 heterocycles. The van der Waals surface area contributed by atoms with Gasteiger partial charge in [-0.05, 0) is 44.0 Å². The number of nitrogens with zero attached hydrogens (tertiary/aromatic N) is 5. The van der Waals surface area contributed by atoms with Crippen molar-refractivity contribution >= 4 is 16.6 Å². The van der Waals surface area contributed by atoms with E-state index in [0.29, 0.717) is 41.4 Å². The minimum absolute atomic E-state index is 0.0365. The molecule has 0 saturated carbocycles. The third-order valence-electron chi connectivity index (χ3n) is 5.95. The first-order valence-electron chi connectivity index (χ1n) is 11.2. The van der Waals surface area contributed by atoms with Gasteiger partial charge in [-0.2, -0.15) is 13.2 Å². The van der Waals surface area contributed by atoms with E-state index in [0.717, 1.165) is 5.39 Å². The van der Waals surface area contributed by atoms with Gasteiger partial charge in [-0.3, -0.25) is 9.30 Å². The van der Waals surface area contributed by atoms with Crippen molar-refractivity contribution in [3.8, 4) is 17.3 Å². The third kappa shape index (κ3) is 4.19. The Kier molecular flexibility index (Phi) is 5.65. The van der Waals surface area contributed by atoms with E-state index in [1.54, 1.807) is 16.5 Å². The van der Waals surface area contributed by atoms with Gasteiger partial charge in [0.15, 0.2) is 11.5 Å². The van der Waals surface area contributed by atoms with Crippen LogP contribution < -0.4 is 10.5 Å². The van der Waals surface area contributed by atoms with Crippen LogP contribution in [-0.2, 0) is 0 Å². The van der Waals surface area contributed by atoms with E-state index in [9.17, 15) is 13.2 Å². The summed E-state index contributed by atoms with van der Waals surface area (Å²) in [5.41, 5.74) is 7.58. The van der Waals surface area contributed by atoms with Crippen molar-refractivity contribution in [1.29, 1.82) is 0 Å². The number of hydrogen-bond donors (Lipinski definition) is 1. The molecule has 0 spiro atoms. The zero-order valence-electron chi connectivity index (χ0n) is 18.8. The van der Waals surface area contributed by atoms with Crippen molar-refractivity contribution in [2.45, 2.75) is 44.6 Å². The molecule has 1 aliphatic heterocycles. The van der Waals surface area contributed by atoms with Gasteiger partial charge in [-0.25, -0.2) is 4.98 Å². The van der Waals surface area contributed by atoms with Gasteiger partial charge < -0.3 is 10.5 Å². The maximum absolute atomic E-state index is 14.1. The Morgan fingerprint density at radius 2 is 1.91 bits per heavy atom. The SMILES string of the molecule is CC(C)Oc1cccc2ccc(-c3nnc4ccc([C@@H](N5CCC(N)C5)C(F)(F)F)cn34)nc12. The Labute approximate surface area is 194 Å².